The molecular weight excluding hydrogens is 574 g/mol. The maximum atomic E-state index is 13.3. The van der Waals surface area contributed by atoms with Gasteiger partial charge in [-0.2, -0.15) is 0 Å². The minimum absolute atomic E-state index is 0.119. The van der Waals surface area contributed by atoms with Crippen LogP contribution >= 0.6 is 11.3 Å². The highest BCUT2D eigenvalue weighted by molar-refractivity contribution is 7.19. The number of aromatic nitrogens is 1. The molecule has 1 fully saturated rings. The molecule has 3 heterocycles. The molecule has 10 nitrogen and oxygen atoms in total. The van der Waals surface area contributed by atoms with Gasteiger partial charge >= 0.3 is 0 Å². The average Bonchev–Trinajstić information content (AvgIpc) is 3.49. The third kappa shape index (κ3) is 7.03. The Balaban J connectivity index is 0.00000188. The molecule has 2 unspecified atom stereocenters. The van der Waals surface area contributed by atoms with Crippen molar-refractivity contribution < 1.29 is 14.3 Å². The zero-order chi connectivity index (χ0) is 30.9. The number of para-hydroxylation sites is 1. The SMILES string of the molecule is CC.CNC(NC1N=C(c2ccccc2)c2ccccc2NC1=O)OC(=N)c1nc(-c2ccccc2)sc1N1CCOCC1. The van der Waals surface area contributed by atoms with Crippen molar-refractivity contribution in [3.05, 3.63) is 102 Å². The van der Waals surface area contributed by atoms with Gasteiger partial charge in [-0.05, 0) is 13.1 Å². The summed E-state index contributed by atoms with van der Waals surface area (Å²) in [5.74, 6) is -0.454. The summed E-state index contributed by atoms with van der Waals surface area (Å²) in [4.78, 5) is 25.2. The second kappa shape index (κ2) is 14.8. The lowest BCUT2D eigenvalue weighted by Crippen LogP contribution is -2.52. The maximum absolute atomic E-state index is 13.3. The van der Waals surface area contributed by atoms with E-state index in [1.165, 1.54) is 11.3 Å². The van der Waals surface area contributed by atoms with Crippen molar-refractivity contribution in [2.24, 2.45) is 4.99 Å². The van der Waals surface area contributed by atoms with Crippen LogP contribution in [0.3, 0.4) is 0 Å². The van der Waals surface area contributed by atoms with Crippen molar-refractivity contribution in [2.75, 3.05) is 43.6 Å². The number of carbonyl (C=O) groups excluding carboxylic acids is 1. The number of nitrogens with one attached hydrogen (secondary N) is 4. The number of thiazole rings is 1. The Morgan fingerprint density at radius 3 is 2.32 bits per heavy atom. The number of amides is 1. The molecule has 6 rings (SSSR count). The van der Waals surface area contributed by atoms with E-state index in [0.29, 0.717) is 43.4 Å². The minimum atomic E-state index is -0.994. The summed E-state index contributed by atoms with van der Waals surface area (Å²) in [6, 6.07) is 27.2. The quantitative estimate of drug-likeness (QED) is 0.127. The molecule has 0 spiro atoms. The number of benzodiazepines with no additional fused rings is 1. The highest BCUT2D eigenvalue weighted by Gasteiger charge is 2.30. The predicted octanol–water partition coefficient (Wildman–Crippen LogP) is 4.92. The fourth-order valence-electron chi connectivity index (χ4n) is 4.83. The van der Waals surface area contributed by atoms with Crippen LogP contribution in [0.2, 0.25) is 0 Å². The second-order valence-electron chi connectivity index (χ2n) is 9.70. The first-order valence-corrected chi connectivity index (χ1v) is 15.5. The lowest BCUT2D eigenvalue weighted by molar-refractivity contribution is -0.118. The van der Waals surface area contributed by atoms with Crippen LogP contribution in [-0.4, -0.2) is 68.4 Å². The molecule has 0 aliphatic carbocycles. The highest BCUT2D eigenvalue weighted by atomic mass is 32.1. The summed E-state index contributed by atoms with van der Waals surface area (Å²) in [5, 5.41) is 19.7. The number of aliphatic imine (C=N–C) groups is 1. The van der Waals surface area contributed by atoms with Crippen LogP contribution in [-0.2, 0) is 14.3 Å². The van der Waals surface area contributed by atoms with Crippen molar-refractivity contribution in [3.63, 3.8) is 0 Å². The molecule has 1 saturated heterocycles. The van der Waals surface area contributed by atoms with E-state index in [0.717, 1.165) is 26.7 Å². The fraction of sp³-hybridized carbons (Fsp3) is 0.273. The van der Waals surface area contributed by atoms with Crippen LogP contribution in [0.15, 0.2) is 89.9 Å². The number of fused-ring (bicyclic) bond motifs is 1. The average molecular weight is 612 g/mol. The van der Waals surface area contributed by atoms with E-state index in [1.807, 2.05) is 98.8 Å². The van der Waals surface area contributed by atoms with Crippen LogP contribution in [0, 0.1) is 5.41 Å². The summed E-state index contributed by atoms with van der Waals surface area (Å²) in [6.45, 7) is 6.61. The maximum Gasteiger partial charge on any atom is 0.264 e. The topological polar surface area (TPSA) is 124 Å². The van der Waals surface area contributed by atoms with Crippen molar-refractivity contribution in [1.29, 1.82) is 5.41 Å². The molecule has 2 atom stereocenters. The van der Waals surface area contributed by atoms with Gasteiger partial charge in [0.05, 0.1) is 24.6 Å². The Kier molecular flexibility index (Phi) is 10.5. The third-order valence-corrected chi connectivity index (χ3v) is 8.11. The van der Waals surface area contributed by atoms with Crippen LogP contribution < -0.4 is 20.9 Å². The van der Waals surface area contributed by atoms with Gasteiger partial charge in [0.25, 0.3) is 5.91 Å². The predicted molar refractivity (Wildman–Crippen MR) is 177 cm³/mol. The van der Waals surface area contributed by atoms with E-state index >= 15 is 0 Å². The minimum Gasteiger partial charge on any atom is -0.444 e. The second-order valence-corrected chi connectivity index (χ2v) is 10.7. The molecule has 1 aromatic heterocycles. The lowest BCUT2D eigenvalue weighted by atomic mass is 10.0. The number of hydrogen-bond donors (Lipinski definition) is 4. The number of rotatable bonds is 8. The molecule has 0 bridgehead atoms. The van der Waals surface area contributed by atoms with Gasteiger partial charge in [-0.25, -0.2) is 10.3 Å². The Morgan fingerprint density at radius 1 is 1.00 bits per heavy atom. The summed E-state index contributed by atoms with van der Waals surface area (Å²) < 4.78 is 11.6. The standard InChI is InChI=1S/C31H31N7O3S.C2H6/c1-33-31(37-27-28(39)34-23-15-9-8-14-22(23)24(35-27)20-10-4-2-5-11-20)41-26(32)25-30(38-16-18-40-19-17-38)42-29(36-25)21-12-6-3-7-13-21;1-2/h2-15,27,31-33,37H,16-19H2,1H3,(H,34,39);1-2H3. The van der Waals surface area contributed by atoms with E-state index < -0.39 is 12.5 Å². The van der Waals surface area contributed by atoms with Gasteiger partial charge < -0.3 is 19.7 Å². The Bertz CT molecular complexity index is 1590. The van der Waals surface area contributed by atoms with Gasteiger partial charge in [0.15, 0.2) is 11.9 Å². The van der Waals surface area contributed by atoms with Crippen molar-refractivity contribution in [2.45, 2.75) is 26.4 Å². The molecular formula is C33H37N7O3S. The van der Waals surface area contributed by atoms with Crippen LogP contribution in [0.4, 0.5) is 10.7 Å². The normalized spacial score (nSPS) is 16.8. The van der Waals surface area contributed by atoms with Crippen LogP contribution in [0.5, 0.6) is 0 Å². The molecule has 4 aromatic rings. The number of nitrogens with zero attached hydrogens (tertiary/aromatic N) is 3. The number of hydrogen-bond acceptors (Lipinski definition) is 10. The number of carbonyl (C=O) groups is 1. The van der Waals surface area contributed by atoms with Crippen LogP contribution in [0.1, 0.15) is 30.7 Å². The van der Waals surface area contributed by atoms with Gasteiger partial charge in [-0.1, -0.05) is 104 Å². The lowest BCUT2D eigenvalue weighted by Gasteiger charge is -2.28. The van der Waals surface area contributed by atoms with Gasteiger partial charge in [0, 0.05) is 29.8 Å². The monoisotopic (exact) mass is 611 g/mol. The number of morpholine rings is 1. The molecule has 1 amide bonds. The van der Waals surface area contributed by atoms with E-state index in [1.54, 1.807) is 7.05 Å². The van der Waals surface area contributed by atoms with E-state index in [9.17, 15) is 4.79 Å². The molecule has 44 heavy (non-hydrogen) atoms. The fourth-order valence-corrected chi connectivity index (χ4v) is 5.95. The third-order valence-electron chi connectivity index (χ3n) is 6.94. The summed E-state index contributed by atoms with van der Waals surface area (Å²) in [5.41, 5.74) is 4.46. The number of ether oxygens (including phenoxy) is 2. The smallest absolute Gasteiger partial charge is 0.264 e. The van der Waals surface area contributed by atoms with Gasteiger partial charge in [-0.15, -0.1) is 0 Å². The first kappa shape index (κ1) is 31.0. The largest absolute Gasteiger partial charge is 0.444 e. The van der Waals surface area contributed by atoms with Gasteiger partial charge in [0.2, 0.25) is 12.2 Å². The summed E-state index contributed by atoms with van der Waals surface area (Å²) in [7, 11) is 1.69. The van der Waals surface area contributed by atoms with Gasteiger partial charge in [-0.3, -0.25) is 20.5 Å². The van der Waals surface area contributed by atoms with Crippen molar-refractivity contribution in [3.8, 4) is 10.6 Å². The molecule has 11 heteroatoms. The van der Waals surface area contributed by atoms with Gasteiger partial charge in [0.1, 0.15) is 10.0 Å². The Hall–Kier alpha value is -4.42. The Morgan fingerprint density at radius 2 is 1.64 bits per heavy atom. The Labute approximate surface area is 261 Å². The molecule has 0 radical (unpaired) electrons. The van der Waals surface area contributed by atoms with Crippen molar-refractivity contribution in [1.82, 2.24) is 15.6 Å². The first-order chi connectivity index (χ1) is 21.6. The van der Waals surface area contributed by atoms with E-state index in [2.05, 4.69) is 20.9 Å². The highest BCUT2D eigenvalue weighted by Crippen LogP contribution is 2.35. The summed E-state index contributed by atoms with van der Waals surface area (Å²) in [6.07, 6.45) is -1.90. The summed E-state index contributed by atoms with van der Waals surface area (Å²) >= 11 is 1.52. The number of benzene rings is 3. The molecule has 0 saturated carbocycles. The molecule has 4 N–H and O–H groups in total. The van der Waals surface area contributed by atoms with Crippen molar-refractivity contribution >= 4 is 39.5 Å². The molecule has 2 aliphatic rings. The van der Waals surface area contributed by atoms with Crippen LogP contribution in [0.25, 0.3) is 10.6 Å². The zero-order valence-electron chi connectivity index (χ0n) is 25.0. The molecule has 2 aliphatic heterocycles. The van der Waals surface area contributed by atoms with E-state index in [4.69, 9.17) is 24.9 Å². The number of anilines is 2. The first-order valence-electron chi connectivity index (χ1n) is 14.7. The van der Waals surface area contributed by atoms with E-state index in [-0.39, 0.29) is 11.8 Å². The molecule has 228 valence electrons. The zero-order valence-corrected chi connectivity index (χ0v) is 25.9. The molecule has 3 aromatic carbocycles.